The van der Waals surface area contributed by atoms with Crippen LogP contribution in [-0.4, -0.2) is 71.8 Å². The monoisotopic (exact) mass is 399 g/mol. The lowest BCUT2D eigenvalue weighted by Crippen LogP contribution is -2.33. The zero-order valence-corrected chi connectivity index (χ0v) is 16.8. The Morgan fingerprint density at radius 2 is 2.17 bits per heavy atom. The first-order valence-corrected chi connectivity index (χ1v) is 9.39. The number of aliphatic hydroxyl groups excluding tert-OH is 1. The van der Waals surface area contributed by atoms with Crippen LogP contribution in [0.25, 0.3) is 0 Å². The summed E-state index contributed by atoms with van der Waals surface area (Å²) in [5.41, 5.74) is 1.80. The van der Waals surface area contributed by atoms with Crippen molar-refractivity contribution >= 4 is 23.3 Å². The third-order valence-electron chi connectivity index (χ3n) is 4.70. The van der Waals surface area contributed by atoms with Crippen LogP contribution in [0.1, 0.15) is 28.5 Å². The van der Waals surface area contributed by atoms with Gasteiger partial charge in [-0.3, -0.25) is 19.1 Å². The van der Waals surface area contributed by atoms with Gasteiger partial charge in [0.05, 0.1) is 12.1 Å². The maximum Gasteiger partial charge on any atom is 0.255 e. The van der Waals surface area contributed by atoms with Gasteiger partial charge in [0, 0.05) is 58.3 Å². The Bertz CT molecular complexity index is 985. The number of pyridine rings is 2. The number of ether oxygens (including phenoxy) is 1. The van der Waals surface area contributed by atoms with Crippen LogP contribution < -0.4 is 15.1 Å². The normalized spacial score (nSPS) is 13.7. The summed E-state index contributed by atoms with van der Waals surface area (Å²) in [6, 6.07) is 5.34. The summed E-state index contributed by atoms with van der Waals surface area (Å²) >= 11 is 0. The molecular formula is C20H25N5O4. The average Bonchev–Trinajstić information content (AvgIpc) is 2.75. The van der Waals surface area contributed by atoms with Crippen molar-refractivity contribution in [1.82, 2.24) is 14.5 Å². The van der Waals surface area contributed by atoms with E-state index in [0.29, 0.717) is 48.7 Å². The SMILES string of the molecule is C/N=c1/cc(N2CCOc3cc(C(=O)N(C)CCCO)cnc32)ccn1C(C)=O. The number of fused-ring (bicyclic) bond motifs is 1. The van der Waals surface area contributed by atoms with Gasteiger partial charge in [-0.05, 0) is 18.6 Å². The van der Waals surface area contributed by atoms with Crippen LogP contribution in [-0.2, 0) is 0 Å². The quantitative estimate of drug-likeness (QED) is 0.807. The molecule has 0 aliphatic carbocycles. The zero-order valence-electron chi connectivity index (χ0n) is 16.8. The van der Waals surface area contributed by atoms with E-state index in [-0.39, 0.29) is 18.4 Å². The molecule has 9 nitrogen and oxygen atoms in total. The number of hydrogen-bond acceptors (Lipinski definition) is 7. The molecule has 0 fully saturated rings. The van der Waals surface area contributed by atoms with Crippen LogP contribution in [0, 0.1) is 0 Å². The number of nitrogens with zero attached hydrogens (tertiary/aromatic N) is 5. The van der Waals surface area contributed by atoms with Gasteiger partial charge in [-0.1, -0.05) is 0 Å². The highest BCUT2D eigenvalue weighted by Gasteiger charge is 2.24. The average molecular weight is 399 g/mol. The Labute approximate surface area is 168 Å². The molecule has 3 heterocycles. The van der Waals surface area contributed by atoms with Crippen molar-refractivity contribution < 1.29 is 19.4 Å². The molecular weight excluding hydrogens is 374 g/mol. The second-order valence-electron chi connectivity index (χ2n) is 6.71. The fraction of sp³-hybridized carbons (Fsp3) is 0.400. The molecule has 1 aliphatic heterocycles. The van der Waals surface area contributed by atoms with Crippen LogP contribution in [0.2, 0.25) is 0 Å². The number of carbonyl (C=O) groups excluding carboxylic acids is 2. The molecule has 0 bridgehead atoms. The first-order valence-electron chi connectivity index (χ1n) is 9.39. The van der Waals surface area contributed by atoms with Crippen molar-refractivity contribution in [2.24, 2.45) is 4.99 Å². The predicted molar refractivity (Wildman–Crippen MR) is 108 cm³/mol. The Kier molecular flexibility index (Phi) is 6.28. The molecule has 2 aromatic rings. The zero-order chi connectivity index (χ0) is 21.0. The van der Waals surface area contributed by atoms with Gasteiger partial charge in [-0.15, -0.1) is 0 Å². The molecule has 2 aromatic heterocycles. The summed E-state index contributed by atoms with van der Waals surface area (Å²) in [7, 11) is 3.32. The van der Waals surface area contributed by atoms with E-state index in [1.54, 1.807) is 31.3 Å². The van der Waals surface area contributed by atoms with Crippen molar-refractivity contribution in [2.45, 2.75) is 13.3 Å². The summed E-state index contributed by atoms with van der Waals surface area (Å²) in [5.74, 6) is 0.833. The van der Waals surface area contributed by atoms with Gasteiger partial charge in [0.15, 0.2) is 11.6 Å². The molecule has 0 saturated carbocycles. The molecule has 0 saturated heterocycles. The first-order chi connectivity index (χ1) is 14.0. The van der Waals surface area contributed by atoms with E-state index in [1.165, 1.54) is 17.7 Å². The number of rotatable bonds is 5. The van der Waals surface area contributed by atoms with E-state index in [9.17, 15) is 9.59 Å². The van der Waals surface area contributed by atoms with E-state index in [2.05, 4.69) is 9.98 Å². The maximum absolute atomic E-state index is 12.6. The van der Waals surface area contributed by atoms with E-state index in [4.69, 9.17) is 9.84 Å². The van der Waals surface area contributed by atoms with Gasteiger partial charge < -0.3 is 19.6 Å². The molecule has 0 radical (unpaired) electrons. The smallest absolute Gasteiger partial charge is 0.255 e. The van der Waals surface area contributed by atoms with Crippen LogP contribution in [0.15, 0.2) is 35.6 Å². The van der Waals surface area contributed by atoms with Crippen molar-refractivity contribution in [2.75, 3.05) is 45.3 Å². The lowest BCUT2D eigenvalue weighted by atomic mass is 10.2. The third-order valence-corrected chi connectivity index (χ3v) is 4.70. The first kappa shape index (κ1) is 20.5. The van der Waals surface area contributed by atoms with Crippen LogP contribution in [0.3, 0.4) is 0 Å². The predicted octanol–water partition coefficient (Wildman–Crippen LogP) is 1.06. The summed E-state index contributed by atoms with van der Waals surface area (Å²) in [4.78, 5) is 36.5. The lowest BCUT2D eigenvalue weighted by molar-refractivity contribution is 0.0785. The van der Waals surface area contributed by atoms with Gasteiger partial charge in [-0.2, -0.15) is 0 Å². The van der Waals surface area contributed by atoms with E-state index < -0.39 is 0 Å². The number of aromatic nitrogens is 2. The molecule has 9 heteroatoms. The molecule has 154 valence electrons. The highest BCUT2D eigenvalue weighted by Crippen LogP contribution is 2.34. The molecule has 0 spiro atoms. The van der Waals surface area contributed by atoms with Crippen LogP contribution in [0.4, 0.5) is 11.5 Å². The highest BCUT2D eigenvalue weighted by molar-refractivity contribution is 5.94. The van der Waals surface area contributed by atoms with Gasteiger partial charge in [0.1, 0.15) is 12.1 Å². The van der Waals surface area contributed by atoms with Crippen molar-refractivity contribution in [3.8, 4) is 5.75 Å². The summed E-state index contributed by atoms with van der Waals surface area (Å²) in [5, 5.41) is 8.95. The van der Waals surface area contributed by atoms with E-state index in [1.807, 2.05) is 17.0 Å². The number of hydrogen-bond donors (Lipinski definition) is 1. The summed E-state index contributed by atoms with van der Waals surface area (Å²) in [6.07, 6.45) is 3.73. The number of anilines is 2. The van der Waals surface area contributed by atoms with Crippen molar-refractivity contribution in [3.63, 3.8) is 0 Å². The molecule has 29 heavy (non-hydrogen) atoms. The Balaban J connectivity index is 1.92. The van der Waals surface area contributed by atoms with Gasteiger partial charge >= 0.3 is 0 Å². The van der Waals surface area contributed by atoms with Gasteiger partial charge in [0.2, 0.25) is 5.91 Å². The molecule has 1 amide bonds. The Hall–Kier alpha value is -3.20. The minimum absolute atomic E-state index is 0.0326. The molecule has 1 N–H and O–H groups in total. The Morgan fingerprint density at radius 1 is 1.38 bits per heavy atom. The fourth-order valence-corrected chi connectivity index (χ4v) is 3.18. The van der Waals surface area contributed by atoms with Crippen LogP contribution >= 0.6 is 0 Å². The molecule has 3 rings (SSSR count). The second-order valence-corrected chi connectivity index (χ2v) is 6.71. The number of carbonyl (C=O) groups is 2. The van der Waals surface area contributed by atoms with Crippen LogP contribution in [0.5, 0.6) is 5.75 Å². The van der Waals surface area contributed by atoms with Gasteiger partial charge in [-0.25, -0.2) is 4.98 Å². The van der Waals surface area contributed by atoms with E-state index in [0.717, 1.165) is 5.69 Å². The van der Waals surface area contributed by atoms with Gasteiger partial charge in [0.25, 0.3) is 5.91 Å². The number of amides is 1. The highest BCUT2D eigenvalue weighted by atomic mass is 16.5. The van der Waals surface area contributed by atoms with Crippen molar-refractivity contribution in [3.05, 3.63) is 41.6 Å². The topological polar surface area (TPSA) is 100 Å². The largest absolute Gasteiger partial charge is 0.488 e. The second kappa shape index (κ2) is 8.87. The minimum Gasteiger partial charge on any atom is -0.488 e. The van der Waals surface area contributed by atoms with Crippen molar-refractivity contribution in [1.29, 1.82) is 0 Å². The molecule has 1 aliphatic rings. The molecule has 0 unspecified atom stereocenters. The molecule has 0 atom stereocenters. The standard InChI is InChI=1S/C20H25N5O4/c1-14(27)24-7-5-16(12-18(24)21-2)25-8-10-29-17-11-15(13-22-19(17)25)20(28)23(3)6-4-9-26/h5,7,11-13,26H,4,6,8-10H2,1-3H3/b21-18-. The number of aliphatic hydroxyl groups is 1. The summed E-state index contributed by atoms with van der Waals surface area (Å²) in [6.45, 7) is 2.99. The maximum atomic E-state index is 12.6. The Morgan fingerprint density at radius 3 is 2.86 bits per heavy atom. The summed E-state index contributed by atoms with van der Waals surface area (Å²) < 4.78 is 7.22. The fourth-order valence-electron chi connectivity index (χ4n) is 3.18. The third kappa shape index (κ3) is 4.29. The minimum atomic E-state index is -0.177. The molecule has 0 aromatic carbocycles. The van der Waals surface area contributed by atoms with E-state index >= 15 is 0 Å². The lowest BCUT2D eigenvalue weighted by Gasteiger charge is -2.30.